The van der Waals surface area contributed by atoms with Crippen molar-refractivity contribution in [2.75, 3.05) is 83.6 Å². The second-order valence-corrected chi connectivity index (χ2v) is 27.1. The number of nitro groups is 7. The molecule has 9 heterocycles. The van der Waals surface area contributed by atoms with E-state index in [2.05, 4.69) is 36.6 Å². The molecule has 39 nitrogen and oxygen atoms in total. The van der Waals surface area contributed by atoms with E-state index in [1.54, 1.807) is 68.8 Å². The number of rotatable bonds is 16. The van der Waals surface area contributed by atoms with E-state index in [0.29, 0.717) is 20.4 Å². The Balaban J connectivity index is 0.000000572. The van der Waals surface area contributed by atoms with E-state index < -0.39 is 57.1 Å². The minimum atomic E-state index is -1.23. The molecule has 0 aliphatic heterocycles. The molecule has 0 saturated heterocycles. The number of ether oxygens (including phenoxy) is 5. The van der Waals surface area contributed by atoms with Gasteiger partial charge in [-0.2, -0.15) is 0 Å². The maximum atomic E-state index is 11.6. The molecule has 0 aromatic carbocycles. The van der Waals surface area contributed by atoms with Crippen LogP contribution in [-0.4, -0.2) is 176 Å². The monoisotopic (exact) mass is 1710 g/mol. The van der Waals surface area contributed by atoms with Gasteiger partial charge in [-0.15, -0.1) is 22.7 Å². The first kappa shape index (κ1) is 89.0. The van der Waals surface area contributed by atoms with Crippen molar-refractivity contribution < 1.29 is 103 Å². The number of carbonyl (C=O) groups is 4. The van der Waals surface area contributed by atoms with Gasteiger partial charge >= 0.3 is 41.0 Å². The average molecular weight is 1720 g/mol. The Hall–Kier alpha value is -10.1. The first-order valence-corrected chi connectivity index (χ1v) is 35.1. The summed E-state index contributed by atoms with van der Waals surface area (Å²) >= 11 is 15.1. The van der Waals surface area contributed by atoms with Gasteiger partial charge in [0.25, 0.3) is 17.7 Å². The highest BCUT2D eigenvalue weighted by molar-refractivity contribution is 9.11. The predicted molar refractivity (Wildman–Crippen MR) is 386 cm³/mol. The van der Waals surface area contributed by atoms with Gasteiger partial charge < -0.3 is 69.7 Å². The third-order valence-corrected chi connectivity index (χ3v) is 20.0. The number of anilines is 1. The Kier molecular flexibility index (Phi) is 38.3. The number of nitrogen functional groups attached to an aromatic ring is 1. The smallest absolute Gasteiger partial charge is 0.367 e. The average Bonchev–Trinajstić information content (AvgIpc) is 1.70. The SMILES string of the molecule is CN(C)C(=O)c1csc(N)c1O.CN(C)C(=O)c1csc([N+](=O)[O-])c1O.COc1c(Br)csc1[N+](=O)[O-].COc1c(C(=O)N(C)C)csc1[N+](=O)[O-].COc1c(C(=O)O)csc1[N+](=O)[O-].COc1ccsc1.COc1ccsc1[N+](=O)[O-].O=[N+]([O-])c1scc(Br)c1O.O=[N+]([O-])c1sccc1O. The quantitative estimate of drug-likeness (QED) is 0.0386. The lowest BCUT2D eigenvalue weighted by atomic mass is 10.3. The molecule has 9 rings (SSSR count). The highest BCUT2D eigenvalue weighted by Crippen LogP contribution is 2.43. The summed E-state index contributed by atoms with van der Waals surface area (Å²) in [5.74, 6) is -2.05. The lowest BCUT2D eigenvalue weighted by Gasteiger charge is -2.09. The van der Waals surface area contributed by atoms with E-state index in [-0.39, 0.29) is 97.8 Å². The van der Waals surface area contributed by atoms with Gasteiger partial charge in [-0.3, -0.25) is 85.2 Å². The standard InChI is InChI=1S/C8H10N2O4S.C7H8N2O4S.C7H10N2O2S.C6H5NO5S.C5H4BrNO3S.C5H5NO3S.C5H6OS.C4H2BrNO3S.C4H3NO3S/c1-9(2)7(11)5-4-15-8(10(12)13)6(5)14-3;1-8(2)6(11)4-3-14-7(5(4)10)9(12)13;1-9(2)7(11)4-3-12-6(8)5(4)10;1-12-4-3(6(8)9)2-13-5(4)7(10)11;1-10-4-3(6)2-11-5(4)7(8)9;1-9-4-2-3-10-5(4)6(7)8;1-6-5-2-3-7-4-5;5-2-1-10-4(3(2)7)6(8)9;6-3-1-2-9-4(3)5(7)8/h4H,1-3H3;3,10H,1-2H3;3,10H,8H2,1-2H3;2H,1H3,(H,8,9);2H,1H3;2-3H,1H3;2-4H,1H3;1,7H;1-2,6H. The van der Waals surface area contributed by atoms with Crippen molar-refractivity contribution in [2.45, 2.75) is 0 Å². The molecule has 101 heavy (non-hydrogen) atoms. The second-order valence-electron chi connectivity index (χ2n) is 17.6. The van der Waals surface area contributed by atoms with Crippen LogP contribution in [0.5, 0.6) is 51.7 Å². The highest BCUT2D eigenvalue weighted by Gasteiger charge is 2.29. The molecular weight excluding hydrogens is 1660 g/mol. The van der Waals surface area contributed by atoms with Crippen molar-refractivity contribution >= 4 is 198 Å². The normalized spacial score (nSPS) is 9.59. The lowest BCUT2D eigenvalue weighted by Crippen LogP contribution is -2.21. The van der Waals surface area contributed by atoms with Gasteiger partial charge in [0.1, 0.15) is 16.3 Å². The molecule has 9 aromatic heterocycles. The van der Waals surface area contributed by atoms with E-state index in [1.165, 1.54) is 90.2 Å². The number of aromatic hydroxyl groups is 4. The fourth-order valence-electron chi connectivity index (χ4n) is 5.93. The zero-order valence-electron chi connectivity index (χ0n) is 53.1. The van der Waals surface area contributed by atoms with Gasteiger partial charge in [0, 0.05) is 90.7 Å². The van der Waals surface area contributed by atoms with E-state index in [9.17, 15) is 100 Å². The molecule has 0 aliphatic carbocycles. The van der Waals surface area contributed by atoms with Crippen molar-refractivity contribution in [3.8, 4) is 51.7 Å². The van der Waals surface area contributed by atoms with Crippen LogP contribution in [0.2, 0.25) is 0 Å². The number of carboxylic acid groups (broad SMARTS) is 1. The van der Waals surface area contributed by atoms with Gasteiger partial charge in [-0.05, 0) is 55.4 Å². The van der Waals surface area contributed by atoms with Crippen molar-refractivity contribution in [1.82, 2.24) is 14.7 Å². The Bertz CT molecular complexity index is 4260. The Morgan fingerprint density at radius 2 is 0.772 bits per heavy atom. The van der Waals surface area contributed by atoms with Crippen LogP contribution in [-0.2, 0) is 0 Å². The van der Waals surface area contributed by atoms with E-state index in [4.69, 9.17) is 40.0 Å². The molecular formula is C51H53Br2N11O28S9. The topological polar surface area (TPSA) is 553 Å². The summed E-state index contributed by atoms with van der Waals surface area (Å²) in [6, 6.07) is 4.80. The number of aromatic carboxylic acids is 1. The number of amides is 3. The van der Waals surface area contributed by atoms with Crippen molar-refractivity contribution in [2.24, 2.45) is 0 Å². The Labute approximate surface area is 619 Å². The molecule has 0 atom stereocenters. The molecule has 0 saturated carbocycles. The summed E-state index contributed by atoms with van der Waals surface area (Å²) in [6.07, 6.45) is 0. The van der Waals surface area contributed by atoms with Crippen LogP contribution in [0.1, 0.15) is 41.4 Å². The molecule has 0 aliphatic rings. The third kappa shape index (κ3) is 26.9. The van der Waals surface area contributed by atoms with Crippen LogP contribution < -0.4 is 29.4 Å². The molecule has 7 N–H and O–H groups in total. The van der Waals surface area contributed by atoms with Crippen molar-refractivity contribution in [3.05, 3.63) is 174 Å². The van der Waals surface area contributed by atoms with Crippen LogP contribution >= 0.6 is 134 Å². The summed E-state index contributed by atoms with van der Waals surface area (Å²) in [5, 5.41) is 131. The first-order chi connectivity index (χ1) is 47.2. The number of hydrogen-bond acceptors (Lipinski definition) is 37. The summed E-state index contributed by atoms with van der Waals surface area (Å²) in [4.78, 5) is 116. The number of thiophene rings is 9. The number of nitrogens with two attached hydrogens (primary N) is 1. The number of halogens is 2. The highest BCUT2D eigenvalue weighted by atomic mass is 79.9. The van der Waals surface area contributed by atoms with Crippen molar-refractivity contribution in [3.63, 3.8) is 0 Å². The number of hydrogen-bond donors (Lipinski definition) is 6. The van der Waals surface area contributed by atoms with Crippen LogP contribution in [0.4, 0.5) is 40.0 Å². The number of carbonyl (C=O) groups excluding carboxylic acids is 3. The molecule has 9 aromatic rings. The maximum absolute atomic E-state index is 11.6. The largest absolute Gasteiger partial charge is 0.504 e. The Morgan fingerprint density at radius 1 is 0.406 bits per heavy atom. The molecule has 0 spiro atoms. The molecule has 0 bridgehead atoms. The van der Waals surface area contributed by atoms with Gasteiger partial charge in [-0.25, -0.2) is 4.79 Å². The van der Waals surface area contributed by atoms with Crippen molar-refractivity contribution in [1.29, 1.82) is 0 Å². The number of nitrogens with zero attached hydrogens (tertiary/aromatic N) is 10. The van der Waals surface area contributed by atoms with Crippen LogP contribution in [0.15, 0.2) is 80.9 Å². The van der Waals surface area contributed by atoms with E-state index >= 15 is 0 Å². The summed E-state index contributed by atoms with van der Waals surface area (Å²) in [5.41, 5.74) is 5.65. The van der Waals surface area contributed by atoms with E-state index in [0.717, 1.165) is 96.4 Å². The maximum Gasteiger partial charge on any atom is 0.367 e. The van der Waals surface area contributed by atoms with Crippen LogP contribution in [0.25, 0.3) is 0 Å². The number of carboxylic acids is 1. The zero-order valence-corrected chi connectivity index (χ0v) is 63.6. The predicted octanol–water partition coefficient (Wildman–Crippen LogP) is 13.9. The summed E-state index contributed by atoms with van der Waals surface area (Å²) < 4.78 is 24.9. The lowest BCUT2D eigenvalue weighted by molar-refractivity contribution is -0.381. The molecule has 3 amide bonds. The van der Waals surface area contributed by atoms with Crippen LogP contribution in [0, 0.1) is 70.8 Å². The third-order valence-electron chi connectivity index (χ3n) is 10.5. The fourth-order valence-corrected chi connectivity index (χ4v) is 13.6. The van der Waals surface area contributed by atoms with Gasteiger partial charge in [0.2, 0.25) is 40.2 Å². The minimum absolute atomic E-state index is 0.0272. The summed E-state index contributed by atoms with van der Waals surface area (Å²) in [6.45, 7) is 0. The van der Waals surface area contributed by atoms with E-state index in [1.807, 2.05) is 16.8 Å². The molecule has 0 unspecified atom stereocenters. The minimum Gasteiger partial charge on any atom is -0.504 e. The molecule has 0 radical (unpaired) electrons. The second kappa shape index (κ2) is 43.5. The van der Waals surface area contributed by atoms with Gasteiger partial charge in [-0.1, -0.05) is 79.4 Å². The zero-order chi connectivity index (χ0) is 77.5. The molecule has 548 valence electrons. The fraction of sp³-hybridized carbons (Fsp3) is 0.216. The van der Waals surface area contributed by atoms with Gasteiger partial charge in [0.05, 0.1) is 95.6 Å². The molecule has 50 heteroatoms. The Morgan fingerprint density at radius 3 is 1.08 bits per heavy atom. The number of methoxy groups -OCH3 is 5. The summed E-state index contributed by atoms with van der Waals surface area (Å²) in [7, 11) is 16.4. The first-order valence-electron chi connectivity index (χ1n) is 25.5. The van der Waals surface area contributed by atoms with Crippen LogP contribution in [0.3, 0.4) is 0 Å². The van der Waals surface area contributed by atoms with Gasteiger partial charge in [0.15, 0.2) is 5.75 Å². The molecule has 0 fully saturated rings.